The van der Waals surface area contributed by atoms with Crippen LogP contribution in [-0.2, 0) is 19.9 Å². The summed E-state index contributed by atoms with van der Waals surface area (Å²) in [5.74, 6) is 0.811. The fourth-order valence-electron chi connectivity index (χ4n) is 2.84. The summed E-state index contributed by atoms with van der Waals surface area (Å²) in [4.78, 5) is 3.82. The molecule has 2 aliphatic rings. The van der Waals surface area contributed by atoms with Gasteiger partial charge >= 0.3 is 0 Å². The van der Waals surface area contributed by atoms with Crippen LogP contribution in [-0.4, -0.2) is 58.1 Å². The summed E-state index contributed by atoms with van der Waals surface area (Å²) in [7, 11) is -7.05. The number of aromatic nitrogens is 1. The molecule has 7 nitrogen and oxygen atoms in total. The van der Waals surface area contributed by atoms with Gasteiger partial charge in [0.1, 0.15) is 4.90 Å². The van der Waals surface area contributed by atoms with Gasteiger partial charge in [0.05, 0.1) is 0 Å². The van der Waals surface area contributed by atoms with Crippen molar-refractivity contribution < 1.29 is 16.8 Å². The number of hydrogen-bond donors (Lipinski definition) is 1. The highest BCUT2D eigenvalue weighted by Crippen LogP contribution is 2.28. The number of piperidine rings is 1. The van der Waals surface area contributed by atoms with Crippen molar-refractivity contribution in [1.82, 2.24) is 14.6 Å². The van der Waals surface area contributed by atoms with Crippen molar-refractivity contribution in [3.8, 4) is 0 Å². The summed E-state index contributed by atoms with van der Waals surface area (Å²) in [6.07, 6.45) is 6.36. The Kier molecular flexibility index (Phi) is 6.48. The maximum atomic E-state index is 12.6. The van der Waals surface area contributed by atoms with Gasteiger partial charge in [-0.05, 0) is 50.3 Å². The van der Waals surface area contributed by atoms with Crippen molar-refractivity contribution in [3.63, 3.8) is 0 Å². The summed E-state index contributed by atoms with van der Waals surface area (Å²) in [6.45, 7) is 1.98. The highest BCUT2D eigenvalue weighted by Gasteiger charge is 2.30. The zero-order valence-corrected chi connectivity index (χ0v) is 16.5. The predicted molar refractivity (Wildman–Crippen MR) is 97.1 cm³/mol. The molecule has 0 amide bonds. The molecule has 2 fully saturated rings. The third-order valence-corrected chi connectivity index (χ3v) is 7.46. The Labute approximate surface area is 155 Å². The molecule has 25 heavy (non-hydrogen) atoms. The molecule has 0 spiro atoms. The summed E-state index contributed by atoms with van der Waals surface area (Å²) >= 11 is 0. The van der Waals surface area contributed by atoms with Crippen LogP contribution in [0.2, 0.25) is 0 Å². The number of nitrogens with zero attached hydrogens (tertiary/aromatic N) is 2. The van der Waals surface area contributed by atoms with Gasteiger partial charge in [-0.15, -0.1) is 12.4 Å². The summed E-state index contributed by atoms with van der Waals surface area (Å²) < 4.78 is 49.6. The molecule has 3 rings (SSSR count). The maximum absolute atomic E-state index is 12.6. The van der Waals surface area contributed by atoms with Crippen molar-refractivity contribution >= 4 is 32.3 Å². The smallest absolute Gasteiger partial charge is 0.244 e. The third kappa shape index (κ3) is 5.13. The van der Waals surface area contributed by atoms with E-state index >= 15 is 0 Å². The second kappa shape index (κ2) is 7.87. The van der Waals surface area contributed by atoms with E-state index in [1.54, 1.807) is 0 Å². The molecule has 142 valence electrons. The number of halogens is 1. The average molecular weight is 410 g/mol. The maximum Gasteiger partial charge on any atom is 0.244 e. The molecular weight excluding hydrogens is 386 g/mol. The van der Waals surface area contributed by atoms with E-state index in [1.165, 1.54) is 29.3 Å². The fraction of sp³-hybridized carbons (Fsp3) is 0.667. The van der Waals surface area contributed by atoms with E-state index in [1.807, 2.05) is 0 Å². The Balaban J connectivity index is 0.00000225. The fourth-order valence-corrected chi connectivity index (χ4v) is 4.82. The van der Waals surface area contributed by atoms with Crippen LogP contribution in [0.4, 0.5) is 0 Å². The van der Waals surface area contributed by atoms with Crippen LogP contribution in [0, 0.1) is 5.92 Å². The Hall–Kier alpha value is -0.740. The average Bonchev–Trinajstić information content (AvgIpc) is 3.37. The van der Waals surface area contributed by atoms with Crippen LogP contribution >= 0.6 is 12.4 Å². The predicted octanol–water partition coefficient (Wildman–Crippen LogP) is 1.06. The van der Waals surface area contributed by atoms with E-state index in [0.717, 1.165) is 37.8 Å². The highest BCUT2D eigenvalue weighted by molar-refractivity contribution is 7.90. The Morgan fingerprint density at radius 1 is 1.12 bits per heavy atom. The molecule has 1 saturated heterocycles. The molecule has 10 heteroatoms. The molecule has 0 atom stereocenters. The van der Waals surface area contributed by atoms with Gasteiger partial charge in [0, 0.05) is 31.6 Å². The number of rotatable bonds is 6. The number of hydrogen-bond acceptors (Lipinski definition) is 6. The lowest BCUT2D eigenvalue weighted by Gasteiger charge is -2.31. The number of sulfonamides is 1. The van der Waals surface area contributed by atoms with Crippen LogP contribution < -0.4 is 5.32 Å². The Morgan fingerprint density at radius 2 is 1.76 bits per heavy atom. The largest absolute Gasteiger partial charge is 0.314 e. The molecular formula is C15H24ClN3O4S2. The monoisotopic (exact) mass is 409 g/mol. The van der Waals surface area contributed by atoms with Crippen molar-refractivity contribution in [2.24, 2.45) is 5.92 Å². The van der Waals surface area contributed by atoms with Gasteiger partial charge < -0.3 is 5.32 Å². The summed E-state index contributed by atoms with van der Waals surface area (Å²) in [5, 5.41) is 3.40. The third-order valence-electron chi connectivity index (χ3n) is 4.57. The second-order valence-corrected chi connectivity index (χ2v) is 10.5. The van der Waals surface area contributed by atoms with Gasteiger partial charge in [-0.2, -0.15) is 4.31 Å². The topological polar surface area (TPSA) is 96.4 Å². The van der Waals surface area contributed by atoms with Gasteiger partial charge in [0.25, 0.3) is 0 Å². The van der Waals surface area contributed by atoms with Crippen LogP contribution in [0.25, 0.3) is 0 Å². The Bertz CT molecular complexity index is 785. The molecule has 1 aromatic rings. The number of nitrogens with one attached hydrogen (secondary N) is 1. The lowest BCUT2D eigenvalue weighted by Crippen LogP contribution is -2.45. The molecule has 2 heterocycles. The molecule has 0 aromatic carbocycles. The van der Waals surface area contributed by atoms with E-state index in [0.29, 0.717) is 19.1 Å². The molecule has 0 bridgehead atoms. The molecule has 1 N–H and O–H groups in total. The van der Waals surface area contributed by atoms with Crippen molar-refractivity contribution in [3.05, 3.63) is 18.3 Å². The van der Waals surface area contributed by atoms with E-state index in [-0.39, 0.29) is 22.3 Å². The van der Waals surface area contributed by atoms with Gasteiger partial charge in [0.2, 0.25) is 10.0 Å². The number of pyridine rings is 1. The second-order valence-electron chi connectivity index (χ2n) is 6.63. The van der Waals surface area contributed by atoms with Crippen LogP contribution in [0.5, 0.6) is 0 Å². The zero-order chi connectivity index (χ0) is 17.4. The van der Waals surface area contributed by atoms with Gasteiger partial charge in [-0.25, -0.2) is 21.8 Å². The minimum Gasteiger partial charge on any atom is -0.314 e. The summed E-state index contributed by atoms with van der Waals surface area (Å²) in [5.41, 5.74) is 0. The lowest BCUT2D eigenvalue weighted by atomic mass is 10.1. The lowest BCUT2D eigenvalue weighted by molar-refractivity contribution is 0.288. The first kappa shape index (κ1) is 20.6. The summed E-state index contributed by atoms with van der Waals surface area (Å²) in [6, 6.07) is 2.94. The van der Waals surface area contributed by atoms with Gasteiger partial charge in [0.15, 0.2) is 14.9 Å². The zero-order valence-electron chi connectivity index (χ0n) is 14.1. The normalized spacial score (nSPS) is 20.2. The van der Waals surface area contributed by atoms with E-state index < -0.39 is 19.9 Å². The first-order valence-corrected chi connectivity index (χ1v) is 11.5. The van der Waals surface area contributed by atoms with Crippen LogP contribution in [0.3, 0.4) is 0 Å². The minimum atomic E-state index is -3.62. The van der Waals surface area contributed by atoms with Gasteiger partial charge in [-0.3, -0.25) is 0 Å². The Morgan fingerprint density at radius 3 is 2.24 bits per heavy atom. The van der Waals surface area contributed by atoms with Crippen LogP contribution in [0.15, 0.2) is 28.3 Å². The highest BCUT2D eigenvalue weighted by atomic mass is 35.5. The molecule has 1 aromatic heterocycles. The van der Waals surface area contributed by atoms with Crippen molar-refractivity contribution in [2.75, 3.05) is 25.9 Å². The molecule has 1 saturated carbocycles. The standard InChI is InChI=1S/C15H23N3O4S2.ClH/c1-23(19,20)15-5-4-14(11-17-15)24(21,22)18-8-6-13(7-9-18)16-10-12-2-3-12;/h4-5,11-13,16H,2-3,6-10H2,1H3;1H. The quantitative estimate of drug-likeness (QED) is 0.754. The van der Waals surface area contributed by atoms with E-state index in [9.17, 15) is 16.8 Å². The van der Waals surface area contributed by atoms with Crippen molar-refractivity contribution in [2.45, 2.75) is 41.6 Å². The first-order chi connectivity index (χ1) is 11.3. The molecule has 1 aliphatic carbocycles. The molecule has 1 aliphatic heterocycles. The minimum absolute atomic E-state index is 0. The van der Waals surface area contributed by atoms with Crippen molar-refractivity contribution in [1.29, 1.82) is 0 Å². The van der Waals surface area contributed by atoms with E-state index in [4.69, 9.17) is 0 Å². The SMILES string of the molecule is CS(=O)(=O)c1ccc(S(=O)(=O)N2CCC(NCC3CC3)CC2)cn1.Cl. The first-order valence-electron chi connectivity index (χ1n) is 8.16. The van der Waals surface area contributed by atoms with Crippen LogP contribution in [0.1, 0.15) is 25.7 Å². The molecule has 0 unspecified atom stereocenters. The van der Waals surface area contributed by atoms with E-state index in [2.05, 4.69) is 10.3 Å². The molecule has 0 radical (unpaired) electrons. The number of sulfone groups is 1. The van der Waals surface area contributed by atoms with Gasteiger partial charge in [-0.1, -0.05) is 0 Å².